The van der Waals surface area contributed by atoms with Crippen molar-refractivity contribution in [1.29, 1.82) is 0 Å². The maximum Gasteiger partial charge on any atom is 0.117 e. The summed E-state index contributed by atoms with van der Waals surface area (Å²) in [6.45, 7) is 11.0. The van der Waals surface area contributed by atoms with E-state index in [0.29, 0.717) is 5.41 Å². The summed E-state index contributed by atoms with van der Waals surface area (Å²) in [6, 6.07) is 4.15. The molecule has 2 nitrogen and oxygen atoms in total. The van der Waals surface area contributed by atoms with Gasteiger partial charge in [0.05, 0.1) is 6.54 Å². The minimum Gasteiger partial charge on any atom is -0.465 e. The largest absolute Gasteiger partial charge is 0.465 e. The predicted molar refractivity (Wildman–Crippen MR) is 77.7 cm³/mol. The van der Waals surface area contributed by atoms with Crippen LogP contribution in [0.15, 0.2) is 16.5 Å². The SMILES string of the molecule is CCCCCC(C)(C)CNCc1ccc(CC)o1. The van der Waals surface area contributed by atoms with E-state index < -0.39 is 0 Å². The molecule has 0 saturated heterocycles. The molecule has 0 aliphatic carbocycles. The number of unbranched alkanes of at least 4 members (excludes halogenated alkanes) is 2. The van der Waals surface area contributed by atoms with Crippen molar-refractivity contribution in [3.05, 3.63) is 23.7 Å². The topological polar surface area (TPSA) is 25.2 Å². The highest BCUT2D eigenvalue weighted by atomic mass is 16.3. The van der Waals surface area contributed by atoms with E-state index in [2.05, 4.69) is 45.1 Å². The van der Waals surface area contributed by atoms with E-state index in [0.717, 1.165) is 31.0 Å². The molecule has 0 radical (unpaired) electrons. The number of nitrogens with one attached hydrogen (secondary N) is 1. The van der Waals surface area contributed by atoms with Gasteiger partial charge in [-0.25, -0.2) is 0 Å². The average Bonchev–Trinajstić information content (AvgIpc) is 2.77. The number of hydrogen-bond donors (Lipinski definition) is 1. The van der Waals surface area contributed by atoms with Crippen molar-refractivity contribution in [3.8, 4) is 0 Å². The maximum atomic E-state index is 5.68. The first kappa shape index (κ1) is 15.3. The quantitative estimate of drug-likeness (QED) is 0.652. The molecule has 1 heterocycles. The Morgan fingerprint density at radius 3 is 2.44 bits per heavy atom. The fourth-order valence-corrected chi connectivity index (χ4v) is 2.17. The first-order chi connectivity index (χ1) is 8.57. The Morgan fingerprint density at radius 2 is 1.83 bits per heavy atom. The molecule has 0 aliphatic rings. The molecule has 0 aliphatic heterocycles. The summed E-state index contributed by atoms with van der Waals surface area (Å²) >= 11 is 0. The van der Waals surface area contributed by atoms with Crippen LogP contribution in [-0.4, -0.2) is 6.54 Å². The molecule has 0 atom stereocenters. The second-order valence-corrected chi connectivity index (χ2v) is 5.95. The van der Waals surface area contributed by atoms with E-state index in [1.54, 1.807) is 0 Å². The molecular weight excluding hydrogens is 222 g/mol. The average molecular weight is 251 g/mol. The smallest absolute Gasteiger partial charge is 0.117 e. The standard InChI is InChI=1S/C16H29NO/c1-5-7-8-11-16(3,4)13-17-12-15-10-9-14(6-2)18-15/h9-10,17H,5-8,11-13H2,1-4H3. The first-order valence-corrected chi connectivity index (χ1v) is 7.35. The van der Waals surface area contributed by atoms with Crippen LogP contribution < -0.4 is 5.32 Å². The van der Waals surface area contributed by atoms with Gasteiger partial charge in [0.15, 0.2) is 0 Å². The number of furan rings is 1. The number of hydrogen-bond acceptors (Lipinski definition) is 2. The third kappa shape index (κ3) is 5.72. The molecular formula is C16H29NO. The second kappa shape index (κ2) is 7.63. The predicted octanol–water partition coefficient (Wildman–Crippen LogP) is 4.54. The van der Waals surface area contributed by atoms with Gasteiger partial charge >= 0.3 is 0 Å². The fraction of sp³-hybridized carbons (Fsp3) is 0.750. The summed E-state index contributed by atoms with van der Waals surface area (Å²) in [5, 5.41) is 3.51. The van der Waals surface area contributed by atoms with Gasteiger partial charge in [0.2, 0.25) is 0 Å². The van der Waals surface area contributed by atoms with Crippen LogP contribution in [0.5, 0.6) is 0 Å². The summed E-state index contributed by atoms with van der Waals surface area (Å²) in [5.74, 6) is 2.13. The van der Waals surface area contributed by atoms with Crippen LogP contribution in [0.25, 0.3) is 0 Å². The van der Waals surface area contributed by atoms with E-state index in [1.807, 2.05) is 0 Å². The Balaban J connectivity index is 2.23. The second-order valence-electron chi connectivity index (χ2n) is 5.95. The molecule has 1 N–H and O–H groups in total. The van der Waals surface area contributed by atoms with E-state index in [9.17, 15) is 0 Å². The summed E-state index contributed by atoms with van der Waals surface area (Å²) in [4.78, 5) is 0. The van der Waals surface area contributed by atoms with Crippen molar-refractivity contribution in [2.45, 2.75) is 66.3 Å². The molecule has 1 aromatic heterocycles. The Hall–Kier alpha value is -0.760. The van der Waals surface area contributed by atoms with Gasteiger partial charge in [-0.05, 0) is 24.0 Å². The van der Waals surface area contributed by atoms with Crippen molar-refractivity contribution >= 4 is 0 Å². The lowest BCUT2D eigenvalue weighted by Gasteiger charge is -2.24. The molecule has 1 rings (SSSR count). The zero-order chi connectivity index (χ0) is 13.4. The van der Waals surface area contributed by atoms with E-state index in [1.165, 1.54) is 25.7 Å². The van der Waals surface area contributed by atoms with Gasteiger partial charge in [-0.3, -0.25) is 0 Å². The van der Waals surface area contributed by atoms with Crippen molar-refractivity contribution in [2.24, 2.45) is 5.41 Å². The lowest BCUT2D eigenvalue weighted by molar-refractivity contribution is 0.296. The van der Waals surface area contributed by atoms with Crippen LogP contribution in [-0.2, 0) is 13.0 Å². The minimum atomic E-state index is 0.384. The summed E-state index contributed by atoms with van der Waals surface area (Å²) in [5.41, 5.74) is 0.384. The van der Waals surface area contributed by atoms with Crippen LogP contribution in [0.3, 0.4) is 0 Å². The Labute approximate surface area is 112 Å². The maximum absolute atomic E-state index is 5.68. The fourth-order valence-electron chi connectivity index (χ4n) is 2.17. The monoisotopic (exact) mass is 251 g/mol. The van der Waals surface area contributed by atoms with E-state index >= 15 is 0 Å². The Bertz CT molecular complexity index is 328. The molecule has 0 spiro atoms. The minimum absolute atomic E-state index is 0.384. The number of aryl methyl sites for hydroxylation is 1. The lowest BCUT2D eigenvalue weighted by atomic mass is 9.87. The Morgan fingerprint density at radius 1 is 1.11 bits per heavy atom. The van der Waals surface area contributed by atoms with Gasteiger partial charge in [-0.2, -0.15) is 0 Å². The molecule has 0 bridgehead atoms. The summed E-state index contributed by atoms with van der Waals surface area (Å²) < 4.78 is 5.68. The van der Waals surface area contributed by atoms with E-state index in [4.69, 9.17) is 4.42 Å². The molecule has 0 aromatic carbocycles. The molecule has 0 saturated carbocycles. The highest BCUT2D eigenvalue weighted by Crippen LogP contribution is 2.22. The zero-order valence-electron chi connectivity index (χ0n) is 12.5. The van der Waals surface area contributed by atoms with Gasteiger partial charge in [-0.15, -0.1) is 0 Å². The van der Waals surface area contributed by atoms with Crippen LogP contribution in [0.1, 0.15) is 64.9 Å². The van der Waals surface area contributed by atoms with Crippen molar-refractivity contribution in [2.75, 3.05) is 6.54 Å². The molecule has 18 heavy (non-hydrogen) atoms. The van der Waals surface area contributed by atoms with E-state index in [-0.39, 0.29) is 0 Å². The zero-order valence-corrected chi connectivity index (χ0v) is 12.5. The van der Waals surface area contributed by atoms with Crippen LogP contribution >= 0.6 is 0 Å². The van der Waals surface area contributed by atoms with Crippen molar-refractivity contribution < 1.29 is 4.42 Å². The van der Waals surface area contributed by atoms with Gasteiger partial charge < -0.3 is 9.73 Å². The van der Waals surface area contributed by atoms with Gasteiger partial charge in [0.1, 0.15) is 11.5 Å². The molecule has 0 fully saturated rings. The molecule has 104 valence electrons. The molecule has 0 amide bonds. The molecule has 0 unspecified atom stereocenters. The van der Waals surface area contributed by atoms with Gasteiger partial charge in [0.25, 0.3) is 0 Å². The third-order valence-corrected chi connectivity index (χ3v) is 3.43. The van der Waals surface area contributed by atoms with Crippen LogP contribution in [0, 0.1) is 5.41 Å². The highest BCUT2D eigenvalue weighted by molar-refractivity contribution is 5.06. The summed E-state index contributed by atoms with van der Waals surface area (Å²) in [6.07, 6.45) is 6.26. The highest BCUT2D eigenvalue weighted by Gasteiger charge is 2.16. The summed E-state index contributed by atoms with van der Waals surface area (Å²) in [7, 11) is 0. The van der Waals surface area contributed by atoms with Crippen molar-refractivity contribution in [3.63, 3.8) is 0 Å². The molecule has 2 heteroatoms. The number of rotatable bonds is 9. The lowest BCUT2D eigenvalue weighted by Crippen LogP contribution is -2.28. The third-order valence-electron chi connectivity index (χ3n) is 3.43. The van der Waals surface area contributed by atoms with Gasteiger partial charge in [-0.1, -0.05) is 47.0 Å². The molecule has 1 aromatic rings. The van der Waals surface area contributed by atoms with Crippen LogP contribution in [0.4, 0.5) is 0 Å². The van der Waals surface area contributed by atoms with Crippen molar-refractivity contribution in [1.82, 2.24) is 5.32 Å². The first-order valence-electron chi connectivity index (χ1n) is 7.35. The Kier molecular flexibility index (Phi) is 6.48. The van der Waals surface area contributed by atoms with Gasteiger partial charge in [0, 0.05) is 13.0 Å². The van der Waals surface area contributed by atoms with Crippen LogP contribution in [0.2, 0.25) is 0 Å². The normalized spacial score (nSPS) is 12.0.